The molecule has 3 amide bonds. The van der Waals surface area contributed by atoms with E-state index in [0.717, 1.165) is 0 Å². The number of amides is 3. The molecule has 0 unspecified atom stereocenters. The molecule has 8 heteroatoms. The molecule has 8 nitrogen and oxygen atoms in total. The maximum absolute atomic E-state index is 12.7. The summed E-state index contributed by atoms with van der Waals surface area (Å²) in [5, 5.41) is 8.22. The van der Waals surface area contributed by atoms with Crippen LogP contribution in [0.15, 0.2) is 18.2 Å². The second-order valence-corrected chi connectivity index (χ2v) is 8.27. The van der Waals surface area contributed by atoms with Crippen molar-refractivity contribution < 1.29 is 23.9 Å². The average Bonchev–Trinajstić information content (AvgIpc) is 2.63. The Labute approximate surface area is 172 Å². The summed E-state index contributed by atoms with van der Waals surface area (Å²) in [4.78, 5) is 37.7. The van der Waals surface area contributed by atoms with E-state index < -0.39 is 29.4 Å². The second-order valence-electron chi connectivity index (χ2n) is 8.27. The van der Waals surface area contributed by atoms with Crippen LogP contribution in [0.4, 0.5) is 0 Å². The van der Waals surface area contributed by atoms with Crippen LogP contribution in [0.1, 0.15) is 51.9 Å². The van der Waals surface area contributed by atoms with Crippen molar-refractivity contribution in [1.29, 1.82) is 0 Å². The number of rotatable bonds is 8. The Balaban J connectivity index is 2.91. The largest absolute Gasteiger partial charge is 0.497 e. The Morgan fingerprint density at radius 2 is 1.38 bits per heavy atom. The van der Waals surface area contributed by atoms with Gasteiger partial charge in [-0.05, 0) is 45.7 Å². The highest BCUT2D eigenvalue weighted by atomic mass is 16.5. The Morgan fingerprint density at radius 1 is 0.862 bits per heavy atom. The van der Waals surface area contributed by atoms with E-state index in [4.69, 9.17) is 9.47 Å². The molecule has 0 spiro atoms. The van der Waals surface area contributed by atoms with E-state index in [2.05, 4.69) is 16.0 Å². The first-order valence-corrected chi connectivity index (χ1v) is 9.54. The van der Waals surface area contributed by atoms with Crippen LogP contribution in [0.3, 0.4) is 0 Å². The molecule has 3 N–H and O–H groups in total. The molecule has 29 heavy (non-hydrogen) atoms. The lowest BCUT2D eigenvalue weighted by molar-refractivity contribution is -0.130. The summed E-state index contributed by atoms with van der Waals surface area (Å²) in [6.45, 7) is 10.8. The van der Waals surface area contributed by atoms with Crippen molar-refractivity contribution in [3.8, 4) is 11.5 Å². The van der Waals surface area contributed by atoms with Gasteiger partial charge in [0.05, 0.1) is 14.2 Å². The summed E-state index contributed by atoms with van der Waals surface area (Å²) in [5.74, 6) is -0.427. The molecule has 1 aromatic rings. The van der Waals surface area contributed by atoms with Gasteiger partial charge < -0.3 is 25.4 Å². The molecule has 0 aliphatic heterocycles. The summed E-state index contributed by atoms with van der Waals surface area (Å²) in [6.07, 6.45) is 0. The fraction of sp³-hybridized carbons (Fsp3) is 0.571. The number of nitrogens with one attached hydrogen (secondary N) is 3. The van der Waals surface area contributed by atoms with Gasteiger partial charge in [-0.1, -0.05) is 13.8 Å². The van der Waals surface area contributed by atoms with Crippen LogP contribution < -0.4 is 25.4 Å². The minimum Gasteiger partial charge on any atom is -0.497 e. The third-order valence-corrected chi connectivity index (χ3v) is 4.10. The van der Waals surface area contributed by atoms with E-state index in [1.54, 1.807) is 25.1 Å². The van der Waals surface area contributed by atoms with Crippen LogP contribution in [0.2, 0.25) is 0 Å². The van der Waals surface area contributed by atoms with Crippen LogP contribution in [-0.4, -0.2) is 49.6 Å². The van der Waals surface area contributed by atoms with Crippen molar-refractivity contribution in [2.24, 2.45) is 5.92 Å². The molecule has 162 valence electrons. The molecule has 2 atom stereocenters. The molecule has 1 aromatic carbocycles. The van der Waals surface area contributed by atoms with Crippen LogP contribution in [0.25, 0.3) is 0 Å². The summed E-state index contributed by atoms with van der Waals surface area (Å²) < 4.78 is 10.4. The standard InChI is InChI=1S/C21H33N3O5/c1-12(2)17(20(27)22-13(3)18(25)24-21(4,5)6)23-19(26)14-9-15(28-7)11-16(10-14)29-8/h9-13,17H,1-8H3,(H,22,27)(H,23,26)(H,24,25)/t13-,17+/m1/s1. The summed E-state index contributed by atoms with van der Waals surface area (Å²) in [6, 6.07) is 3.22. The van der Waals surface area contributed by atoms with Crippen molar-refractivity contribution in [3.05, 3.63) is 23.8 Å². The molecule has 0 saturated carbocycles. The maximum atomic E-state index is 12.7. The highest BCUT2D eigenvalue weighted by Crippen LogP contribution is 2.22. The number of benzene rings is 1. The Hall–Kier alpha value is -2.77. The zero-order chi connectivity index (χ0) is 22.4. The lowest BCUT2D eigenvalue weighted by Gasteiger charge is -2.26. The molecular formula is C21H33N3O5. The Bertz CT molecular complexity index is 718. The van der Waals surface area contributed by atoms with E-state index in [0.29, 0.717) is 17.1 Å². The van der Waals surface area contributed by atoms with Crippen LogP contribution in [0, 0.1) is 5.92 Å². The number of hydrogen-bond donors (Lipinski definition) is 3. The Kier molecular flexibility index (Phi) is 8.48. The summed E-state index contributed by atoms with van der Waals surface area (Å²) in [5.41, 5.74) is -0.106. The van der Waals surface area contributed by atoms with E-state index in [1.807, 2.05) is 34.6 Å². The number of carbonyl (C=O) groups excluding carboxylic acids is 3. The van der Waals surface area contributed by atoms with Crippen LogP contribution in [0.5, 0.6) is 11.5 Å². The minimum atomic E-state index is -0.815. The van der Waals surface area contributed by atoms with Crippen molar-refractivity contribution in [1.82, 2.24) is 16.0 Å². The summed E-state index contributed by atoms with van der Waals surface area (Å²) in [7, 11) is 2.98. The molecule has 0 saturated heterocycles. The van der Waals surface area contributed by atoms with Crippen molar-refractivity contribution >= 4 is 17.7 Å². The lowest BCUT2D eigenvalue weighted by Crippen LogP contribution is -2.56. The van der Waals surface area contributed by atoms with Crippen LogP contribution in [-0.2, 0) is 9.59 Å². The van der Waals surface area contributed by atoms with E-state index in [1.165, 1.54) is 14.2 Å². The number of carbonyl (C=O) groups is 3. The first-order valence-electron chi connectivity index (χ1n) is 9.54. The molecule has 1 rings (SSSR count). The monoisotopic (exact) mass is 407 g/mol. The van der Waals surface area contributed by atoms with Crippen molar-refractivity contribution in [3.63, 3.8) is 0 Å². The van der Waals surface area contributed by atoms with Gasteiger partial charge in [-0.25, -0.2) is 0 Å². The normalized spacial score (nSPS) is 13.3. The van der Waals surface area contributed by atoms with E-state index >= 15 is 0 Å². The van der Waals surface area contributed by atoms with Gasteiger partial charge in [-0.3, -0.25) is 14.4 Å². The first kappa shape index (κ1) is 24.3. The third-order valence-electron chi connectivity index (χ3n) is 4.10. The molecule has 0 aliphatic rings. The van der Waals surface area contributed by atoms with Crippen molar-refractivity contribution in [2.45, 2.75) is 59.2 Å². The number of ether oxygens (including phenoxy) is 2. The fourth-order valence-corrected chi connectivity index (χ4v) is 2.54. The maximum Gasteiger partial charge on any atom is 0.252 e. The molecular weight excluding hydrogens is 374 g/mol. The number of hydrogen-bond acceptors (Lipinski definition) is 5. The van der Waals surface area contributed by atoms with Gasteiger partial charge >= 0.3 is 0 Å². The molecule has 0 heterocycles. The van der Waals surface area contributed by atoms with Gasteiger partial charge in [0.1, 0.15) is 23.6 Å². The van der Waals surface area contributed by atoms with Gasteiger partial charge in [0, 0.05) is 17.2 Å². The van der Waals surface area contributed by atoms with Gasteiger partial charge in [-0.15, -0.1) is 0 Å². The second kappa shape index (κ2) is 10.1. The van der Waals surface area contributed by atoms with E-state index in [-0.39, 0.29) is 11.8 Å². The quantitative estimate of drug-likeness (QED) is 0.610. The highest BCUT2D eigenvalue weighted by molar-refractivity contribution is 5.99. The average molecular weight is 408 g/mol. The molecule has 0 radical (unpaired) electrons. The molecule has 0 aromatic heterocycles. The molecule has 0 fully saturated rings. The topological polar surface area (TPSA) is 106 Å². The van der Waals surface area contributed by atoms with Gasteiger partial charge in [0.25, 0.3) is 5.91 Å². The van der Waals surface area contributed by atoms with Gasteiger partial charge in [0.15, 0.2) is 0 Å². The Morgan fingerprint density at radius 3 is 1.79 bits per heavy atom. The summed E-state index contributed by atoms with van der Waals surface area (Å²) >= 11 is 0. The SMILES string of the molecule is COc1cc(OC)cc(C(=O)N[C@H](C(=O)N[C@H](C)C(=O)NC(C)(C)C)C(C)C)c1. The minimum absolute atomic E-state index is 0.190. The van der Waals surface area contributed by atoms with Crippen LogP contribution >= 0.6 is 0 Å². The molecule has 0 aliphatic carbocycles. The van der Waals surface area contributed by atoms with E-state index in [9.17, 15) is 14.4 Å². The van der Waals surface area contributed by atoms with Gasteiger partial charge in [0.2, 0.25) is 11.8 Å². The third kappa shape index (κ3) is 7.63. The number of methoxy groups -OCH3 is 2. The zero-order valence-electron chi connectivity index (χ0n) is 18.5. The highest BCUT2D eigenvalue weighted by Gasteiger charge is 2.28. The fourth-order valence-electron chi connectivity index (χ4n) is 2.54. The predicted molar refractivity (Wildman–Crippen MR) is 111 cm³/mol. The first-order chi connectivity index (χ1) is 13.4. The smallest absolute Gasteiger partial charge is 0.252 e. The van der Waals surface area contributed by atoms with Crippen molar-refractivity contribution in [2.75, 3.05) is 14.2 Å². The zero-order valence-corrected chi connectivity index (χ0v) is 18.5. The lowest BCUT2D eigenvalue weighted by atomic mass is 10.0. The molecule has 0 bridgehead atoms. The predicted octanol–water partition coefficient (Wildman–Crippen LogP) is 1.88. The van der Waals surface area contributed by atoms with Gasteiger partial charge in [-0.2, -0.15) is 0 Å².